The minimum Gasteiger partial charge on any atom is -0.476 e. The number of nitro groups is 1. The number of halogens is 3. The number of alkyl halides is 3. The maximum absolute atomic E-state index is 11.9. The van der Waals surface area contributed by atoms with Gasteiger partial charge in [-0.2, -0.15) is 18.3 Å². The number of ether oxygens (including phenoxy) is 2. The molecule has 0 spiro atoms. The first kappa shape index (κ1) is 18.3. The topological polar surface area (TPSA) is 134 Å². The summed E-state index contributed by atoms with van der Waals surface area (Å²) in [4.78, 5) is 32.3. The highest BCUT2D eigenvalue weighted by atomic mass is 19.4. The SMILES string of the molecule is COC(=O)c1nn(CCOCC(F)(F)F)c(C(=O)O)c1[N+](=O)[O-]. The van der Waals surface area contributed by atoms with E-state index in [0.29, 0.717) is 4.68 Å². The highest BCUT2D eigenvalue weighted by molar-refractivity contribution is 5.99. The smallest absolute Gasteiger partial charge is 0.411 e. The number of hydrogen-bond donors (Lipinski definition) is 1. The van der Waals surface area contributed by atoms with E-state index in [9.17, 15) is 32.9 Å². The highest BCUT2D eigenvalue weighted by Gasteiger charge is 2.36. The summed E-state index contributed by atoms with van der Waals surface area (Å²) in [6.45, 7) is -2.75. The average Bonchev–Trinajstić information content (AvgIpc) is 2.81. The molecule has 0 atom stereocenters. The van der Waals surface area contributed by atoms with E-state index in [0.717, 1.165) is 7.11 Å². The van der Waals surface area contributed by atoms with Crippen LogP contribution in [0.4, 0.5) is 18.9 Å². The number of carbonyl (C=O) groups excluding carboxylic acids is 1. The molecule has 10 nitrogen and oxygen atoms in total. The predicted molar refractivity (Wildman–Crippen MR) is 64.1 cm³/mol. The van der Waals surface area contributed by atoms with Crippen LogP contribution < -0.4 is 0 Å². The molecule has 0 radical (unpaired) electrons. The van der Waals surface area contributed by atoms with Crippen molar-refractivity contribution in [1.29, 1.82) is 0 Å². The number of rotatable bonds is 7. The Kier molecular flexibility index (Phi) is 5.62. The Bertz CT molecular complexity index is 626. The molecule has 0 aromatic carbocycles. The van der Waals surface area contributed by atoms with Gasteiger partial charge in [0.25, 0.3) is 0 Å². The second-order valence-corrected chi connectivity index (χ2v) is 3.99. The van der Waals surface area contributed by atoms with Gasteiger partial charge in [-0.1, -0.05) is 0 Å². The van der Waals surface area contributed by atoms with Crippen molar-refractivity contribution in [3.63, 3.8) is 0 Å². The van der Waals surface area contributed by atoms with E-state index >= 15 is 0 Å². The van der Waals surface area contributed by atoms with Crippen molar-refractivity contribution in [2.75, 3.05) is 20.3 Å². The van der Waals surface area contributed by atoms with Crippen LogP contribution in [0.1, 0.15) is 21.0 Å². The van der Waals surface area contributed by atoms with Crippen molar-refractivity contribution < 1.29 is 42.3 Å². The molecule has 1 aromatic heterocycles. The first-order chi connectivity index (χ1) is 10.6. The third kappa shape index (κ3) is 4.64. The maximum Gasteiger partial charge on any atom is 0.411 e. The van der Waals surface area contributed by atoms with Gasteiger partial charge in [-0.25, -0.2) is 14.3 Å². The van der Waals surface area contributed by atoms with E-state index in [2.05, 4.69) is 14.6 Å². The molecule has 1 aromatic rings. The standard InChI is InChI=1S/C10H10F3N3O7/c1-22-9(19)5-6(16(20)21)7(8(17)18)15(14-5)2-3-23-4-10(11,12)13/h2-4H2,1H3,(H,17,18). The van der Waals surface area contributed by atoms with Gasteiger partial charge in [0.05, 0.1) is 25.2 Å². The molecule has 0 aliphatic heterocycles. The molecule has 0 saturated carbocycles. The zero-order valence-corrected chi connectivity index (χ0v) is 11.5. The molecule has 1 N–H and O–H groups in total. The van der Waals surface area contributed by atoms with E-state index in [-0.39, 0.29) is 0 Å². The lowest BCUT2D eigenvalue weighted by atomic mass is 10.3. The van der Waals surface area contributed by atoms with Gasteiger partial charge >= 0.3 is 23.8 Å². The molecule has 1 heterocycles. The second-order valence-electron chi connectivity index (χ2n) is 3.99. The molecule has 128 valence electrons. The van der Waals surface area contributed by atoms with Gasteiger partial charge in [0, 0.05) is 0 Å². The van der Waals surface area contributed by atoms with Crippen LogP contribution >= 0.6 is 0 Å². The van der Waals surface area contributed by atoms with Crippen molar-refractivity contribution in [2.24, 2.45) is 0 Å². The largest absolute Gasteiger partial charge is 0.476 e. The maximum atomic E-state index is 11.9. The lowest BCUT2D eigenvalue weighted by molar-refractivity contribution is -0.385. The molecule has 13 heteroatoms. The van der Waals surface area contributed by atoms with Crippen LogP contribution in [0.2, 0.25) is 0 Å². The minimum absolute atomic E-state index is 0.503. The zero-order valence-electron chi connectivity index (χ0n) is 11.5. The Labute approximate surface area is 125 Å². The summed E-state index contributed by atoms with van der Waals surface area (Å²) < 4.78 is 44.8. The van der Waals surface area contributed by atoms with Crippen LogP contribution in [0.5, 0.6) is 0 Å². The Morgan fingerprint density at radius 2 is 2.04 bits per heavy atom. The van der Waals surface area contributed by atoms with E-state index < -0.39 is 59.9 Å². The number of methoxy groups -OCH3 is 1. The molecule has 0 bridgehead atoms. The van der Waals surface area contributed by atoms with Crippen molar-refractivity contribution in [2.45, 2.75) is 12.7 Å². The minimum atomic E-state index is -4.58. The Morgan fingerprint density at radius 1 is 1.43 bits per heavy atom. The Balaban J connectivity index is 3.09. The van der Waals surface area contributed by atoms with Crippen LogP contribution in [0.25, 0.3) is 0 Å². The fraction of sp³-hybridized carbons (Fsp3) is 0.500. The van der Waals surface area contributed by atoms with Gasteiger partial charge in [-0.3, -0.25) is 10.1 Å². The molecular weight excluding hydrogens is 331 g/mol. The van der Waals surface area contributed by atoms with Crippen LogP contribution in [0, 0.1) is 10.1 Å². The molecule has 0 aliphatic carbocycles. The third-order valence-electron chi connectivity index (χ3n) is 2.40. The van der Waals surface area contributed by atoms with Gasteiger partial charge in [0.2, 0.25) is 11.4 Å². The third-order valence-corrected chi connectivity index (χ3v) is 2.40. The second kappa shape index (κ2) is 7.04. The number of carboxylic acids is 1. The fourth-order valence-electron chi connectivity index (χ4n) is 1.57. The van der Waals surface area contributed by atoms with Crippen molar-refractivity contribution >= 4 is 17.6 Å². The number of aromatic carboxylic acids is 1. The molecule has 0 aliphatic rings. The van der Waals surface area contributed by atoms with Crippen molar-refractivity contribution in [3.8, 4) is 0 Å². The number of hydrogen-bond acceptors (Lipinski definition) is 7. The first-order valence-corrected chi connectivity index (χ1v) is 5.79. The van der Waals surface area contributed by atoms with Crippen LogP contribution in [-0.4, -0.2) is 58.2 Å². The number of carboxylic acid groups (broad SMARTS) is 1. The molecule has 23 heavy (non-hydrogen) atoms. The van der Waals surface area contributed by atoms with Gasteiger partial charge in [0.15, 0.2) is 0 Å². The van der Waals surface area contributed by atoms with Crippen molar-refractivity contribution in [3.05, 3.63) is 21.5 Å². The molecule has 0 amide bonds. The Morgan fingerprint density at radius 3 is 2.48 bits per heavy atom. The first-order valence-electron chi connectivity index (χ1n) is 5.79. The number of esters is 1. The van der Waals surface area contributed by atoms with Crippen LogP contribution in [0.3, 0.4) is 0 Å². The zero-order chi connectivity index (χ0) is 17.8. The summed E-state index contributed by atoms with van der Waals surface area (Å²) in [5.41, 5.74) is -2.95. The molecule has 0 saturated heterocycles. The molecule has 1 rings (SSSR count). The summed E-state index contributed by atoms with van der Waals surface area (Å²) >= 11 is 0. The highest BCUT2D eigenvalue weighted by Crippen LogP contribution is 2.24. The normalized spacial score (nSPS) is 11.3. The Hall–Kier alpha value is -2.70. The summed E-state index contributed by atoms with van der Waals surface area (Å²) in [7, 11) is 0.901. The van der Waals surface area contributed by atoms with Crippen LogP contribution in [-0.2, 0) is 16.0 Å². The van der Waals surface area contributed by atoms with Crippen molar-refractivity contribution in [1.82, 2.24) is 9.78 Å². The van der Waals surface area contributed by atoms with E-state index in [4.69, 9.17) is 5.11 Å². The summed E-state index contributed by atoms with van der Waals surface area (Å²) in [6, 6.07) is 0. The fourth-order valence-corrected chi connectivity index (χ4v) is 1.57. The van der Waals surface area contributed by atoms with E-state index in [1.165, 1.54) is 0 Å². The van der Waals surface area contributed by atoms with E-state index in [1.54, 1.807) is 0 Å². The van der Waals surface area contributed by atoms with Gasteiger partial charge in [-0.05, 0) is 0 Å². The molecule has 0 fully saturated rings. The number of carbonyl (C=O) groups is 2. The van der Waals surface area contributed by atoms with Gasteiger partial charge < -0.3 is 14.6 Å². The van der Waals surface area contributed by atoms with Gasteiger partial charge in [-0.15, -0.1) is 0 Å². The average molecular weight is 341 g/mol. The summed E-state index contributed by atoms with van der Waals surface area (Å²) in [5, 5.41) is 23.4. The lowest BCUT2D eigenvalue weighted by Crippen LogP contribution is -2.20. The monoisotopic (exact) mass is 341 g/mol. The summed E-state index contributed by atoms with van der Waals surface area (Å²) in [6.07, 6.45) is -4.58. The number of aromatic nitrogens is 2. The molecular formula is C10H10F3N3O7. The quantitative estimate of drug-likeness (QED) is 0.334. The van der Waals surface area contributed by atoms with Crippen LogP contribution in [0.15, 0.2) is 0 Å². The van der Waals surface area contributed by atoms with E-state index in [1.807, 2.05) is 0 Å². The number of nitrogens with zero attached hydrogens (tertiary/aromatic N) is 3. The molecule has 0 unspecified atom stereocenters. The lowest BCUT2D eigenvalue weighted by Gasteiger charge is -2.08. The summed E-state index contributed by atoms with van der Waals surface area (Å²) in [5.74, 6) is -3.04. The predicted octanol–water partition coefficient (Wildman–Crippen LogP) is 0.855. The van der Waals surface area contributed by atoms with Gasteiger partial charge in [0.1, 0.15) is 6.61 Å².